The SMILES string of the molecule is CCCN(CCC)C(=O)c1cc(-c2ccc(OC)cc2)nc2ccccc12. The molecule has 0 unspecified atom stereocenters. The minimum atomic E-state index is 0.0760. The molecule has 4 heteroatoms. The lowest BCUT2D eigenvalue weighted by Crippen LogP contribution is -2.32. The lowest BCUT2D eigenvalue weighted by Gasteiger charge is -2.22. The Morgan fingerprint density at radius 2 is 1.67 bits per heavy atom. The van der Waals surface area contributed by atoms with Crippen molar-refractivity contribution in [2.24, 2.45) is 0 Å². The van der Waals surface area contributed by atoms with Crippen molar-refractivity contribution in [1.82, 2.24) is 9.88 Å². The first-order chi connectivity index (χ1) is 13.2. The van der Waals surface area contributed by atoms with Crippen molar-refractivity contribution < 1.29 is 9.53 Å². The molecule has 0 N–H and O–H groups in total. The second-order valence-electron chi connectivity index (χ2n) is 6.59. The Hall–Kier alpha value is -2.88. The van der Waals surface area contributed by atoms with Crippen molar-refractivity contribution in [2.45, 2.75) is 26.7 Å². The molecule has 0 spiro atoms. The average Bonchev–Trinajstić information content (AvgIpc) is 2.72. The van der Waals surface area contributed by atoms with E-state index in [1.165, 1.54) is 0 Å². The highest BCUT2D eigenvalue weighted by Crippen LogP contribution is 2.27. The average molecular weight is 362 g/mol. The Morgan fingerprint density at radius 1 is 1.00 bits per heavy atom. The monoisotopic (exact) mass is 362 g/mol. The molecular formula is C23H26N2O2. The number of hydrogen-bond acceptors (Lipinski definition) is 3. The van der Waals surface area contributed by atoms with Gasteiger partial charge in [-0.3, -0.25) is 4.79 Å². The van der Waals surface area contributed by atoms with Crippen molar-refractivity contribution in [3.63, 3.8) is 0 Å². The molecule has 1 aromatic heterocycles. The zero-order valence-electron chi connectivity index (χ0n) is 16.2. The van der Waals surface area contributed by atoms with Gasteiger partial charge >= 0.3 is 0 Å². The zero-order valence-corrected chi connectivity index (χ0v) is 16.2. The van der Waals surface area contributed by atoms with Crippen LogP contribution in [0.2, 0.25) is 0 Å². The lowest BCUT2D eigenvalue weighted by molar-refractivity contribution is 0.0757. The largest absolute Gasteiger partial charge is 0.497 e. The fourth-order valence-corrected chi connectivity index (χ4v) is 3.29. The first-order valence-electron chi connectivity index (χ1n) is 9.51. The smallest absolute Gasteiger partial charge is 0.254 e. The predicted molar refractivity (Wildman–Crippen MR) is 110 cm³/mol. The number of amides is 1. The number of nitrogens with zero attached hydrogens (tertiary/aromatic N) is 2. The van der Waals surface area contributed by atoms with Crippen molar-refractivity contribution in [1.29, 1.82) is 0 Å². The summed E-state index contributed by atoms with van der Waals surface area (Å²) in [5.41, 5.74) is 3.32. The number of methoxy groups -OCH3 is 1. The van der Waals surface area contributed by atoms with E-state index >= 15 is 0 Å². The third-order valence-electron chi connectivity index (χ3n) is 4.61. The number of para-hydroxylation sites is 1. The summed E-state index contributed by atoms with van der Waals surface area (Å²) >= 11 is 0. The third kappa shape index (κ3) is 4.11. The van der Waals surface area contributed by atoms with Gasteiger partial charge in [0.05, 0.1) is 23.9 Å². The minimum Gasteiger partial charge on any atom is -0.497 e. The molecule has 3 rings (SSSR count). The van der Waals surface area contributed by atoms with Crippen LogP contribution in [-0.4, -0.2) is 36.0 Å². The van der Waals surface area contributed by atoms with Gasteiger partial charge in [-0.2, -0.15) is 0 Å². The molecule has 27 heavy (non-hydrogen) atoms. The van der Waals surface area contributed by atoms with Crippen LogP contribution in [0.1, 0.15) is 37.0 Å². The van der Waals surface area contributed by atoms with Gasteiger partial charge in [0.2, 0.25) is 0 Å². The number of rotatable bonds is 7. The standard InChI is InChI=1S/C23H26N2O2/c1-4-14-25(15-5-2)23(26)20-16-22(17-10-12-18(27-3)13-11-17)24-21-9-7-6-8-19(20)21/h6-13,16H,4-5,14-15H2,1-3H3. The quantitative estimate of drug-likeness (QED) is 0.582. The molecule has 0 aliphatic heterocycles. The molecule has 0 bridgehead atoms. The molecule has 0 saturated carbocycles. The van der Waals surface area contributed by atoms with Crippen LogP contribution in [-0.2, 0) is 0 Å². The molecule has 140 valence electrons. The van der Waals surface area contributed by atoms with Crippen LogP contribution in [0, 0.1) is 0 Å². The van der Waals surface area contributed by atoms with Gasteiger partial charge in [0.25, 0.3) is 5.91 Å². The van der Waals surface area contributed by atoms with Crippen LogP contribution in [0.3, 0.4) is 0 Å². The Kier molecular flexibility index (Phi) is 6.07. The number of aromatic nitrogens is 1. The van der Waals surface area contributed by atoms with Gasteiger partial charge in [0.1, 0.15) is 5.75 Å². The van der Waals surface area contributed by atoms with Gasteiger partial charge in [0, 0.05) is 24.0 Å². The van der Waals surface area contributed by atoms with Crippen LogP contribution < -0.4 is 4.74 Å². The predicted octanol–water partition coefficient (Wildman–Crippen LogP) is 5.17. The number of ether oxygens (including phenoxy) is 1. The van der Waals surface area contributed by atoms with Gasteiger partial charge in [0.15, 0.2) is 0 Å². The van der Waals surface area contributed by atoms with E-state index in [0.717, 1.165) is 53.8 Å². The first kappa shape index (κ1) is 18.9. The summed E-state index contributed by atoms with van der Waals surface area (Å²) in [6.45, 7) is 5.73. The number of fused-ring (bicyclic) bond motifs is 1. The molecule has 0 aliphatic rings. The topological polar surface area (TPSA) is 42.4 Å². The molecule has 0 fully saturated rings. The summed E-state index contributed by atoms with van der Waals surface area (Å²) in [5, 5.41) is 0.900. The second kappa shape index (κ2) is 8.67. The summed E-state index contributed by atoms with van der Waals surface area (Å²) in [7, 11) is 1.65. The Bertz CT molecular complexity index is 913. The number of benzene rings is 2. The number of hydrogen-bond donors (Lipinski definition) is 0. The van der Waals surface area contributed by atoms with E-state index in [2.05, 4.69) is 13.8 Å². The molecule has 1 heterocycles. The van der Waals surface area contributed by atoms with E-state index < -0.39 is 0 Å². The molecule has 0 atom stereocenters. The highest BCUT2D eigenvalue weighted by molar-refractivity contribution is 6.07. The van der Waals surface area contributed by atoms with E-state index in [4.69, 9.17) is 9.72 Å². The molecule has 2 aromatic carbocycles. The Labute approximate surface area is 160 Å². The molecule has 0 saturated heterocycles. The van der Waals surface area contributed by atoms with Gasteiger partial charge in [-0.1, -0.05) is 32.0 Å². The summed E-state index contributed by atoms with van der Waals surface area (Å²) < 4.78 is 5.24. The normalized spacial score (nSPS) is 10.8. The highest BCUT2D eigenvalue weighted by atomic mass is 16.5. The number of carbonyl (C=O) groups excluding carboxylic acids is 1. The van der Waals surface area contributed by atoms with Crippen molar-refractivity contribution in [3.05, 3.63) is 60.2 Å². The molecule has 4 nitrogen and oxygen atoms in total. The van der Waals surface area contributed by atoms with Crippen LogP contribution in [0.5, 0.6) is 5.75 Å². The summed E-state index contributed by atoms with van der Waals surface area (Å²) in [6, 6.07) is 17.5. The van der Waals surface area contributed by atoms with Crippen molar-refractivity contribution in [2.75, 3.05) is 20.2 Å². The fraction of sp³-hybridized carbons (Fsp3) is 0.304. The van der Waals surface area contributed by atoms with Crippen LogP contribution in [0.25, 0.3) is 22.2 Å². The molecule has 0 aliphatic carbocycles. The van der Waals surface area contributed by atoms with Gasteiger partial charge in [-0.05, 0) is 49.2 Å². The molecule has 0 radical (unpaired) electrons. The zero-order chi connectivity index (χ0) is 19.2. The van der Waals surface area contributed by atoms with E-state index in [9.17, 15) is 4.79 Å². The van der Waals surface area contributed by atoms with E-state index in [0.29, 0.717) is 5.56 Å². The Morgan fingerprint density at radius 3 is 2.30 bits per heavy atom. The van der Waals surface area contributed by atoms with Crippen LogP contribution in [0.15, 0.2) is 54.6 Å². The van der Waals surface area contributed by atoms with Gasteiger partial charge in [-0.25, -0.2) is 4.98 Å². The fourth-order valence-electron chi connectivity index (χ4n) is 3.29. The highest BCUT2D eigenvalue weighted by Gasteiger charge is 2.19. The summed E-state index contributed by atoms with van der Waals surface area (Å²) in [5.74, 6) is 0.875. The molecule has 1 amide bonds. The van der Waals surface area contributed by atoms with Gasteiger partial charge < -0.3 is 9.64 Å². The third-order valence-corrected chi connectivity index (χ3v) is 4.61. The van der Waals surface area contributed by atoms with E-state index in [-0.39, 0.29) is 5.91 Å². The maximum Gasteiger partial charge on any atom is 0.254 e. The second-order valence-corrected chi connectivity index (χ2v) is 6.59. The van der Waals surface area contributed by atoms with Crippen molar-refractivity contribution >= 4 is 16.8 Å². The van der Waals surface area contributed by atoms with E-state index in [1.807, 2.05) is 59.5 Å². The minimum absolute atomic E-state index is 0.0760. The van der Waals surface area contributed by atoms with Gasteiger partial charge in [-0.15, -0.1) is 0 Å². The maximum absolute atomic E-state index is 13.3. The number of pyridine rings is 1. The van der Waals surface area contributed by atoms with Crippen molar-refractivity contribution in [3.8, 4) is 17.0 Å². The van der Waals surface area contributed by atoms with Crippen LogP contribution >= 0.6 is 0 Å². The summed E-state index contributed by atoms with van der Waals surface area (Å²) in [4.78, 5) is 20.0. The number of carbonyl (C=O) groups is 1. The molecular weight excluding hydrogens is 336 g/mol. The lowest BCUT2D eigenvalue weighted by atomic mass is 10.0. The van der Waals surface area contributed by atoms with Crippen LogP contribution in [0.4, 0.5) is 0 Å². The van der Waals surface area contributed by atoms with E-state index in [1.54, 1.807) is 7.11 Å². The maximum atomic E-state index is 13.3. The summed E-state index contributed by atoms with van der Waals surface area (Å²) in [6.07, 6.45) is 1.89. The first-order valence-corrected chi connectivity index (χ1v) is 9.51. The Balaban J connectivity index is 2.11. The molecule has 3 aromatic rings.